The van der Waals surface area contributed by atoms with E-state index in [1.165, 1.54) is 19.3 Å². The molecule has 29 heavy (non-hydrogen) atoms. The smallest absolute Gasteiger partial charge is 0.162 e. The third kappa shape index (κ3) is 14.2. The number of hydrogen-bond acceptors (Lipinski definition) is 1. The molecule has 2 rings (SSSR count). The normalized spacial score (nSPS) is 34.2. The summed E-state index contributed by atoms with van der Waals surface area (Å²) in [6.07, 6.45) is 10.3. The molecule has 0 aliphatic heterocycles. The molecule has 0 aromatic carbocycles. The zero-order valence-corrected chi connectivity index (χ0v) is 25.1. The van der Waals surface area contributed by atoms with E-state index in [-0.39, 0.29) is 5.54 Å². The molecular weight excluding hydrogens is 521 g/mol. The predicted octanol–water partition coefficient (Wildman–Crippen LogP) is 8.56. The summed E-state index contributed by atoms with van der Waals surface area (Å²) >= 11 is 1.16. The SMILES string of the molecule is CC1[CH-]C(C)C(C)C(C)C1C.CC1[CH-]CCCC1C.CCC(C)(C)[N]=[Ta].C[N-]C. The maximum atomic E-state index is 4.25. The molecule has 0 spiro atoms. The second-order valence-corrected chi connectivity index (χ2v) is 10.9. The van der Waals surface area contributed by atoms with Crippen LogP contribution in [0.15, 0.2) is 3.34 Å². The van der Waals surface area contributed by atoms with Crippen LogP contribution >= 0.6 is 0 Å². The Hall–Kier alpha value is 0.500. The van der Waals surface area contributed by atoms with Gasteiger partial charge in [-0.3, -0.25) is 0 Å². The fourth-order valence-corrected chi connectivity index (χ4v) is 4.16. The molecule has 6 unspecified atom stereocenters. The predicted molar refractivity (Wildman–Crippen MR) is 129 cm³/mol. The van der Waals surface area contributed by atoms with Gasteiger partial charge < -0.3 is 18.2 Å². The molecule has 0 aromatic heterocycles. The quantitative estimate of drug-likeness (QED) is 0.296. The van der Waals surface area contributed by atoms with Gasteiger partial charge in [0, 0.05) is 0 Å². The molecule has 3 heteroatoms. The van der Waals surface area contributed by atoms with Crippen molar-refractivity contribution in [2.45, 2.75) is 100 Å². The van der Waals surface area contributed by atoms with Gasteiger partial charge in [0.05, 0.1) is 0 Å². The van der Waals surface area contributed by atoms with Crippen molar-refractivity contribution >= 4 is 0 Å². The minimum Gasteiger partial charge on any atom is -0.668 e. The van der Waals surface area contributed by atoms with Gasteiger partial charge in [0.2, 0.25) is 0 Å². The van der Waals surface area contributed by atoms with Crippen molar-refractivity contribution in [2.75, 3.05) is 14.1 Å². The van der Waals surface area contributed by atoms with E-state index >= 15 is 0 Å². The standard InChI is InChI=1S/C11H21.C8H15.C5H11N.C2H6N.Ta/c1-7-6-8(2)10(4)11(5)9(7)3;1-7-5-3-4-6-8(7)2;1-4-5(2,3)6;1-3-2;/h6-11H,1-5H3;5,7-8H,3-4,6H2,1-2H3;4H2,1-3H3;1-2H3;/q2*-1;;-1;. The van der Waals surface area contributed by atoms with E-state index in [2.05, 4.69) is 90.7 Å². The van der Waals surface area contributed by atoms with Gasteiger partial charge in [0.15, 0.2) is 0 Å². The third-order valence-electron chi connectivity index (χ3n) is 7.36. The fourth-order valence-electron chi connectivity index (χ4n) is 3.65. The molecule has 0 N–H and O–H groups in total. The van der Waals surface area contributed by atoms with Crippen LogP contribution in [0.4, 0.5) is 0 Å². The van der Waals surface area contributed by atoms with Crippen LogP contribution < -0.4 is 0 Å². The van der Waals surface area contributed by atoms with Crippen LogP contribution in [-0.2, 0) is 20.9 Å². The van der Waals surface area contributed by atoms with E-state index in [1.54, 1.807) is 14.1 Å². The average Bonchev–Trinajstić information content (AvgIpc) is 2.69. The van der Waals surface area contributed by atoms with E-state index in [4.69, 9.17) is 0 Å². The van der Waals surface area contributed by atoms with Gasteiger partial charge in [-0.05, 0) is 5.92 Å². The molecule has 2 aliphatic rings. The van der Waals surface area contributed by atoms with Gasteiger partial charge in [-0.15, -0.1) is 0 Å². The van der Waals surface area contributed by atoms with E-state index in [0.717, 1.165) is 68.7 Å². The summed E-state index contributed by atoms with van der Waals surface area (Å²) in [6, 6.07) is 0. The molecule has 0 aromatic rings. The minimum atomic E-state index is 0.258. The Morgan fingerprint density at radius 2 is 1.34 bits per heavy atom. The summed E-state index contributed by atoms with van der Waals surface area (Å²) in [5, 5.41) is 3.50. The monoisotopic (exact) mass is 574 g/mol. The molecular formula is C26H53N2Ta-3. The topological polar surface area (TPSA) is 26.5 Å². The zero-order valence-electron chi connectivity index (χ0n) is 21.9. The minimum absolute atomic E-state index is 0.258. The first kappa shape index (κ1) is 31.7. The van der Waals surface area contributed by atoms with Crippen LogP contribution in [0.1, 0.15) is 94.9 Å². The van der Waals surface area contributed by atoms with Crippen molar-refractivity contribution < 1.29 is 20.9 Å². The Bertz CT molecular complexity index is 372. The summed E-state index contributed by atoms with van der Waals surface area (Å²) in [4.78, 5) is 0. The molecule has 0 amide bonds. The van der Waals surface area contributed by atoms with Crippen LogP contribution in [0.25, 0.3) is 5.32 Å². The van der Waals surface area contributed by atoms with Gasteiger partial charge in [0.25, 0.3) is 0 Å². The summed E-state index contributed by atoms with van der Waals surface area (Å²) in [7, 11) is 3.50. The molecule has 0 heterocycles. The second kappa shape index (κ2) is 17.1. The van der Waals surface area contributed by atoms with Crippen molar-refractivity contribution in [3.63, 3.8) is 0 Å². The van der Waals surface area contributed by atoms with E-state index in [0.29, 0.717) is 0 Å². The molecule has 175 valence electrons. The number of nitrogens with zero attached hydrogens (tertiary/aromatic N) is 2. The molecule has 6 atom stereocenters. The van der Waals surface area contributed by atoms with Crippen molar-refractivity contribution in [1.82, 2.24) is 0 Å². The molecule has 2 saturated carbocycles. The Morgan fingerprint density at radius 1 is 0.897 bits per heavy atom. The molecule has 0 bridgehead atoms. The Kier molecular flexibility index (Phi) is 18.7. The summed E-state index contributed by atoms with van der Waals surface area (Å²) in [6.45, 7) is 23.0. The Labute approximate surface area is 198 Å². The largest absolute Gasteiger partial charge is 0.668 e. The average molecular weight is 575 g/mol. The Balaban J connectivity index is 0. The maximum absolute atomic E-state index is 4.25. The molecule has 2 aliphatic carbocycles. The van der Waals surface area contributed by atoms with E-state index in [9.17, 15) is 0 Å². The van der Waals surface area contributed by atoms with Gasteiger partial charge in [-0.2, -0.15) is 38.3 Å². The molecule has 0 radical (unpaired) electrons. The zero-order chi connectivity index (χ0) is 23.2. The summed E-state index contributed by atoms with van der Waals surface area (Å²) < 4.78 is 4.25. The summed E-state index contributed by atoms with van der Waals surface area (Å²) in [5.41, 5.74) is 0.258. The second-order valence-electron chi connectivity index (χ2n) is 10.2. The first-order chi connectivity index (χ1) is 13.4. The van der Waals surface area contributed by atoms with Crippen molar-refractivity contribution in [3.05, 3.63) is 18.2 Å². The van der Waals surface area contributed by atoms with Gasteiger partial charge in [-0.25, -0.2) is 0 Å². The van der Waals surface area contributed by atoms with Crippen molar-refractivity contribution in [1.29, 1.82) is 0 Å². The Morgan fingerprint density at radius 3 is 1.59 bits per heavy atom. The molecule has 0 saturated heterocycles. The van der Waals surface area contributed by atoms with Gasteiger partial charge >= 0.3 is 57.0 Å². The summed E-state index contributed by atoms with van der Waals surface area (Å²) in [5.74, 6) is 6.10. The van der Waals surface area contributed by atoms with Crippen molar-refractivity contribution in [2.24, 2.45) is 44.8 Å². The maximum Gasteiger partial charge on any atom is -0.162 e. The van der Waals surface area contributed by atoms with Crippen LogP contribution in [0.3, 0.4) is 0 Å². The fraction of sp³-hybridized carbons (Fsp3) is 0.923. The van der Waals surface area contributed by atoms with Crippen molar-refractivity contribution in [3.8, 4) is 0 Å². The first-order valence-corrected chi connectivity index (χ1v) is 13.3. The molecule has 2 nitrogen and oxygen atoms in total. The van der Waals surface area contributed by atoms with E-state index in [1.807, 2.05) is 0 Å². The molecule has 2 fully saturated rings. The van der Waals surface area contributed by atoms with Gasteiger partial charge in [-0.1, -0.05) is 79.1 Å². The van der Waals surface area contributed by atoms with Crippen LogP contribution in [0, 0.1) is 54.3 Å². The van der Waals surface area contributed by atoms with Crippen LogP contribution in [0.5, 0.6) is 0 Å². The first-order valence-electron chi connectivity index (χ1n) is 11.9. The third-order valence-corrected chi connectivity index (χ3v) is 9.31. The number of hydrogen-bond donors (Lipinski definition) is 0. The van der Waals surface area contributed by atoms with Crippen LogP contribution in [0.2, 0.25) is 0 Å². The van der Waals surface area contributed by atoms with Crippen LogP contribution in [-0.4, -0.2) is 19.6 Å². The van der Waals surface area contributed by atoms with E-state index < -0.39 is 0 Å². The number of rotatable bonds is 2. The van der Waals surface area contributed by atoms with Gasteiger partial charge in [0.1, 0.15) is 0 Å².